The van der Waals surface area contributed by atoms with E-state index in [-0.39, 0.29) is 0 Å². The van der Waals surface area contributed by atoms with Crippen molar-refractivity contribution in [2.75, 3.05) is 26.9 Å². The third-order valence-electron chi connectivity index (χ3n) is 1.71. The summed E-state index contributed by atoms with van der Waals surface area (Å²) >= 11 is 0. The maximum absolute atomic E-state index is 9.62. The van der Waals surface area contributed by atoms with E-state index in [2.05, 4.69) is 0 Å². The van der Waals surface area contributed by atoms with Crippen LogP contribution in [0.4, 0.5) is 0 Å². The maximum atomic E-state index is 9.62. The summed E-state index contributed by atoms with van der Waals surface area (Å²) in [7, 11) is 1.59. The Labute approximate surface area is 60.9 Å². The topological polar surface area (TPSA) is 38.7 Å². The van der Waals surface area contributed by atoms with Crippen molar-refractivity contribution in [2.24, 2.45) is 0 Å². The molecule has 0 saturated carbocycles. The summed E-state index contributed by atoms with van der Waals surface area (Å²) < 4.78 is 9.96. The zero-order valence-corrected chi connectivity index (χ0v) is 6.30. The Morgan fingerprint density at radius 2 is 2.50 bits per heavy atom. The molecule has 0 spiro atoms. The molecule has 0 radical (unpaired) electrons. The lowest BCUT2D eigenvalue weighted by Gasteiger charge is -2.30. The molecule has 1 rings (SSSR count). The molecule has 0 bridgehead atoms. The van der Waals surface area contributed by atoms with Crippen LogP contribution in [0.25, 0.3) is 0 Å². The zero-order chi connectivity index (χ0) is 7.45. The van der Waals surface area contributed by atoms with E-state index >= 15 is 0 Å². The molecular weight excluding hydrogens is 132 g/mol. The monoisotopic (exact) mass is 146 g/mol. The maximum Gasteiger partial charge on any atom is 0.111 e. The number of aliphatic hydroxyl groups is 1. The van der Waals surface area contributed by atoms with Gasteiger partial charge in [-0.2, -0.15) is 0 Å². The van der Waals surface area contributed by atoms with Gasteiger partial charge in [-0.05, 0) is 12.8 Å². The minimum absolute atomic E-state index is 0.382. The summed E-state index contributed by atoms with van der Waals surface area (Å²) in [5.74, 6) is 0. The molecule has 1 unspecified atom stereocenters. The van der Waals surface area contributed by atoms with Crippen LogP contribution >= 0.6 is 0 Å². The molecule has 60 valence electrons. The molecule has 3 heteroatoms. The minimum Gasteiger partial charge on any atom is -0.385 e. The Hall–Kier alpha value is -0.120. The molecule has 0 aromatic carbocycles. The Morgan fingerprint density at radius 1 is 1.70 bits per heavy atom. The van der Waals surface area contributed by atoms with E-state index in [4.69, 9.17) is 9.47 Å². The van der Waals surface area contributed by atoms with Crippen LogP contribution in [-0.4, -0.2) is 37.6 Å². The van der Waals surface area contributed by atoms with Gasteiger partial charge in [-0.15, -0.1) is 0 Å². The first-order valence-corrected chi connectivity index (χ1v) is 3.56. The average molecular weight is 146 g/mol. The average Bonchev–Trinajstić information content (AvgIpc) is 1.89. The van der Waals surface area contributed by atoms with E-state index in [1.54, 1.807) is 7.11 Å². The molecule has 1 N–H and O–H groups in total. The molecule has 1 aliphatic rings. The van der Waals surface area contributed by atoms with Crippen molar-refractivity contribution in [1.29, 1.82) is 0 Å². The van der Waals surface area contributed by atoms with Crippen molar-refractivity contribution in [3.63, 3.8) is 0 Å². The molecule has 0 amide bonds. The second-order valence-electron chi connectivity index (χ2n) is 2.81. The summed E-state index contributed by atoms with van der Waals surface area (Å²) in [6.07, 6.45) is 1.72. The van der Waals surface area contributed by atoms with Crippen molar-refractivity contribution in [2.45, 2.75) is 18.4 Å². The van der Waals surface area contributed by atoms with Crippen LogP contribution in [0.5, 0.6) is 0 Å². The van der Waals surface area contributed by atoms with Gasteiger partial charge in [-0.25, -0.2) is 0 Å². The fraction of sp³-hybridized carbons (Fsp3) is 1.00. The number of methoxy groups -OCH3 is 1. The standard InChI is InChI=1S/C7H14O3/c1-9-5-7(8)3-2-4-10-6-7/h8H,2-6H2,1H3. The lowest BCUT2D eigenvalue weighted by Crippen LogP contribution is -2.42. The van der Waals surface area contributed by atoms with Gasteiger partial charge in [0.15, 0.2) is 0 Å². The Kier molecular flexibility index (Phi) is 2.65. The normalized spacial score (nSPS) is 34.2. The second-order valence-corrected chi connectivity index (χ2v) is 2.81. The summed E-state index contributed by atoms with van der Waals surface area (Å²) in [5.41, 5.74) is -0.715. The fourth-order valence-corrected chi connectivity index (χ4v) is 1.22. The highest BCUT2D eigenvalue weighted by Gasteiger charge is 2.29. The second kappa shape index (κ2) is 3.32. The highest BCUT2D eigenvalue weighted by Crippen LogP contribution is 2.18. The van der Waals surface area contributed by atoms with Gasteiger partial charge in [0.1, 0.15) is 5.60 Å². The first kappa shape index (κ1) is 7.98. The minimum atomic E-state index is -0.715. The highest BCUT2D eigenvalue weighted by atomic mass is 16.5. The van der Waals surface area contributed by atoms with Crippen molar-refractivity contribution in [3.8, 4) is 0 Å². The third-order valence-corrected chi connectivity index (χ3v) is 1.71. The van der Waals surface area contributed by atoms with Gasteiger partial charge in [-0.1, -0.05) is 0 Å². The molecule has 0 aromatic rings. The smallest absolute Gasteiger partial charge is 0.111 e. The molecule has 0 aromatic heterocycles. The van der Waals surface area contributed by atoms with E-state index in [1.165, 1.54) is 0 Å². The summed E-state index contributed by atoms with van der Waals surface area (Å²) in [5, 5.41) is 9.62. The summed E-state index contributed by atoms with van der Waals surface area (Å²) in [6.45, 7) is 1.57. The van der Waals surface area contributed by atoms with Crippen LogP contribution in [0.2, 0.25) is 0 Å². The van der Waals surface area contributed by atoms with Gasteiger partial charge >= 0.3 is 0 Å². The van der Waals surface area contributed by atoms with Crippen LogP contribution in [0.3, 0.4) is 0 Å². The molecular formula is C7H14O3. The predicted octanol–water partition coefficient (Wildman–Crippen LogP) is 0.174. The molecule has 0 aliphatic carbocycles. The largest absolute Gasteiger partial charge is 0.385 e. The predicted molar refractivity (Wildman–Crippen MR) is 36.9 cm³/mol. The van der Waals surface area contributed by atoms with Gasteiger partial charge < -0.3 is 14.6 Å². The molecule has 1 heterocycles. The first-order valence-electron chi connectivity index (χ1n) is 3.56. The molecule has 1 fully saturated rings. The summed E-state index contributed by atoms with van der Waals surface area (Å²) in [6, 6.07) is 0. The van der Waals surface area contributed by atoms with Gasteiger partial charge in [-0.3, -0.25) is 0 Å². The molecule has 1 atom stereocenters. The molecule has 1 aliphatic heterocycles. The lowest BCUT2D eigenvalue weighted by atomic mass is 9.98. The zero-order valence-electron chi connectivity index (χ0n) is 6.30. The number of hydrogen-bond acceptors (Lipinski definition) is 3. The quantitative estimate of drug-likeness (QED) is 0.603. The van der Waals surface area contributed by atoms with Crippen LogP contribution in [0.15, 0.2) is 0 Å². The van der Waals surface area contributed by atoms with Crippen molar-refractivity contribution < 1.29 is 14.6 Å². The SMILES string of the molecule is COCC1(O)CCCOC1. The fourth-order valence-electron chi connectivity index (χ4n) is 1.22. The van der Waals surface area contributed by atoms with E-state index < -0.39 is 5.60 Å². The van der Waals surface area contributed by atoms with Gasteiger partial charge in [0, 0.05) is 13.7 Å². The van der Waals surface area contributed by atoms with E-state index in [9.17, 15) is 5.11 Å². The van der Waals surface area contributed by atoms with Crippen molar-refractivity contribution >= 4 is 0 Å². The highest BCUT2D eigenvalue weighted by molar-refractivity contribution is 4.80. The van der Waals surface area contributed by atoms with Gasteiger partial charge in [0.2, 0.25) is 0 Å². The Bertz CT molecular complexity index is 91.5. The van der Waals surface area contributed by atoms with Crippen LogP contribution in [0, 0.1) is 0 Å². The Morgan fingerprint density at radius 3 is 3.00 bits per heavy atom. The number of rotatable bonds is 2. The molecule has 10 heavy (non-hydrogen) atoms. The first-order chi connectivity index (χ1) is 4.77. The lowest BCUT2D eigenvalue weighted by molar-refractivity contribution is -0.118. The number of hydrogen-bond donors (Lipinski definition) is 1. The van der Waals surface area contributed by atoms with Gasteiger partial charge in [0.25, 0.3) is 0 Å². The van der Waals surface area contributed by atoms with Crippen molar-refractivity contribution in [3.05, 3.63) is 0 Å². The Balaban J connectivity index is 2.32. The molecule has 1 saturated heterocycles. The van der Waals surface area contributed by atoms with Crippen LogP contribution in [-0.2, 0) is 9.47 Å². The summed E-state index contributed by atoms with van der Waals surface area (Å²) in [4.78, 5) is 0. The van der Waals surface area contributed by atoms with Crippen LogP contribution < -0.4 is 0 Å². The number of ether oxygens (including phenoxy) is 2. The third kappa shape index (κ3) is 1.94. The van der Waals surface area contributed by atoms with Gasteiger partial charge in [0.05, 0.1) is 13.2 Å². The van der Waals surface area contributed by atoms with Crippen molar-refractivity contribution in [1.82, 2.24) is 0 Å². The van der Waals surface area contributed by atoms with E-state index in [0.717, 1.165) is 19.4 Å². The van der Waals surface area contributed by atoms with E-state index in [1.807, 2.05) is 0 Å². The van der Waals surface area contributed by atoms with Crippen LogP contribution in [0.1, 0.15) is 12.8 Å². The molecule has 3 nitrogen and oxygen atoms in total. The van der Waals surface area contributed by atoms with E-state index in [0.29, 0.717) is 13.2 Å².